The van der Waals surface area contributed by atoms with Crippen molar-refractivity contribution in [2.24, 2.45) is 0 Å². The number of hydrogen-bond donors (Lipinski definition) is 1. The molecule has 0 spiro atoms. The second-order valence-electron chi connectivity index (χ2n) is 3.21. The Morgan fingerprint density at radius 3 is 1.87 bits per heavy atom. The Bertz CT molecular complexity index is 333. The van der Waals surface area contributed by atoms with Gasteiger partial charge in [0, 0.05) is 41.8 Å². The Labute approximate surface area is 113 Å². The number of hydrogen-bond acceptors (Lipinski definition) is 1. The van der Waals surface area contributed by atoms with E-state index >= 15 is 0 Å². The molecule has 0 heterocycles. The molecule has 15 heavy (non-hydrogen) atoms. The number of para-hydroxylation sites is 1. The molecular weight excluding hydrogens is 193 g/mol. The van der Waals surface area contributed by atoms with Gasteiger partial charge in [0.15, 0.2) is 0 Å². The smallest absolute Gasteiger partial charge is 0.0400 e. The molecule has 1 N–H and O–H groups in total. The van der Waals surface area contributed by atoms with E-state index in [1.807, 2.05) is 24.3 Å². The summed E-state index contributed by atoms with van der Waals surface area (Å²) in [7, 11) is 0. The van der Waals surface area contributed by atoms with Crippen LogP contribution in [0, 0.1) is 0 Å². The predicted octanol–water partition coefficient (Wildman–Crippen LogP) is 2.92. The quantitative estimate of drug-likeness (QED) is 0.761. The van der Waals surface area contributed by atoms with Crippen molar-refractivity contribution in [2.75, 3.05) is 5.32 Å². The van der Waals surface area contributed by atoms with Gasteiger partial charge in [0.2, 0.25) is 0 Å². The number of nitrogens with one attached hydrogen (secondary N) is 1. The predicted molar refractivity (Wildman–Crippen MR) is 66.0 cm³/mol. The van der Waals surface area contributed by atoms with E-state index in [4.69, 9.17) is 0 Å². The van der Waals surface area contributed by atoms with Crippen molar-refractivity contribution < 1.29 is 0 Å². The van der Waals surface area contributed by atoms with E-state index < -0.39 is 0 Å². The maximum Gasteiger partial charge on any atom is 0.0400 e. The van der Waals surface area contributed by atoms with Gasteiger partial charge in [-0.25, -0.2) is 0 Å². The minimum atomic E-state index is 0. The fourth-order valence-corrected chi connectivity index (χ4v) is 1.36. The molecule has 0 fully saturated rings. The van der Waals surface area contributed by atoms with Crippen LogP contribution in [-0.2, 0) is 6.54 Å². The van der Waals surface area contributed by atoms with Crippen LogP contribution < -0.4 is 5.32 Å². The Morgan fingerprint density at radius 2 is 1.27 bits per heavy atom. The molecular formula is C13H13NNa. The third kappa shape index (κ3) is 4.08. The summed E-state index contributed by atoms with van der Waals surface area (Å²) in [6.07, 6.45) is 0. The first-order valence-corrected chi connectivity index (χ1v) is 4.78. The van der Waals surface area contributed by atoms with Crippen LogP contribution >= 0.6 is 0 Å². The van der Waals surface area contributed by atoms with Crippen LogP contribution in [0.3, 0.4) is 0 Å². The molecule has 1 radical (unpaired) electrons. The van der Waals surface area contributed by atoms with Gasteiger partial charge in [-0.1, -0.05) is 48.5 Å². The van der Waals surface area contributed by atoms with Crippen molar-refractivity contribution in [1.82, 2.24) is 0 Å². The Morgan fingerprint density at radius 1 is 0.733 bits per heavy atom. The van der Waals surface area contributed by atoms with Crippen LogP contribution in [0.25, 0.3) is 0 Å². The fraction of sp³-hybridized carbons (Fsp3) is 0.0769. The first-order valence-electron chi connectivity index (χ1n) is 4.78. The normalized spacial score (nSPS) is 9.07. The minimum Gasteiger partial charge on any atom is -0.381 e. The molecule has 2 aromatic rings. The molecule has 1 nitrogen and oxygen atoms in total. The van der Waals surface area contributed by atoms with Crippen molar-refractivity contribution in [3.63, 3.8) is 0 Å². The summed E-state index contributed by atoms with van der Waals surface area (Å²) in [6.45, 7) is 0.880. The van der Waals surface area contributed by atoms with Crippen LogP contribution in [0.4, 0.5) is 5.69 Å². The molecule has 0 bridgehead atoms. The molecule has 2 aromatic carbocycles. The zero-order valence-electron chi connectivity index (χ0n) is 8.98. The van der Waals surface area contributed by atoms with E-state index in [2.05, 4.69) is 41.7 Å². The molecule has 2 rings (SSSR count). The van der Waals surface area contributed by atoms with E-state index in [9.17, 15) is 0 Å². The third-order valence-corrected chi connectivity index (χ3v) is 2.11. The molecule has 0 aliphatic carbocycles. The summed E-state index contributed by atoms with van der Waals surface area (Å²) in [5.41, 5.74) is 2.47. The summed E-state index contributed by atoms with van der Waals surface area (Å²) in [4.78, 5) is 0. The molecule has 0 aliphatic heterocycles. The van der Waals surface area contributed by atoms with E-state index in [1.165, 1.54) is 5.56 Å². The molecule has 0 atom stereocenters. The van der Waals surface area contributed by atoms with Crippen molar-refractivity contribution in [3.8, 4) is 0 Å². The summed E-state index contributed by atoms with van der Waals surface area (Å²) in [5, 5.41) is 3.36. The van der Waals surface area contributed by atoms with Gasteiger partial charge in [-0.15, -0.1) is 0 Å². The summed E-state index contributed by atoms with van der Waals surface area (Å²) < 4.78 is 0. The number of rotatable bonds is 3. The molecule has 0 aliphatic rings. The minimum absolute atomic E-state index is 0. The summed E-state index contributed by atoms with van der Waals surface area (Å²) >= 11 is 0. The molecule has 0 saturated heterocycles. The zero-order valence-corrected chi connectivity index (χ0v) is 11.0. The third-order valence-electron chi connectivity index (χ3n) is 2.11. The van der Waals surface area contributed by atoms with Gasteiger partial charge in [0.05, 0.1) is 0 Å². The second-order valence-corrected chi connectivity index (χ2v) is 3.21. The van der Waals surface area contributed by atoms with Crippen molar-refractivity contribution in [2.45, 2.75) is 6.54 Å². The maximum absolute atomic E-state index is 3.36. The van der Waals surface area contributed by atoms with Crippen molar-refractivity contribution in [3.05, 3.63) is 66.2 Å². The fourth-order valence-electron chi connectivity index (χ4n) is 1.36. The summed E-state index contributed by atoms with van der Waals surface area (Å²) in [5.74, 6) is 0. The second kappa shape index (κ2) is 6.67. The Hall–Kier alpha value is -0.760. The monoisotopic (exact) mass is 206 g/mol. The molecule has 71 valence electrons. The van der Waals surface area contributed by atoms with Crippen LogP contribution in [0.1, 0.15) is 5.56 Å². The summed E-state index contributed by atoms with van der Waals surface area (Å²) in [6, 6.07) is 20.6. The van der Waals surface area contributed by atoms with Gasteiger partial charge in [-0.2, -0.15) is 0 Å². The van der Waals surface area contributed by atoms with Gasteiger partial charge in [-0.3, -0.25) is 0 Å². The van der Waals surface area contributed by atoms with Crippen molar-refractivity contribution in [1.29, 1.82) is 0 Å². The molecule has 2 heteroatoms. The standard InChI is InChI=1S/C13H13N.Na/c1-3-7-12(8-4-1)11-14-13-9-5-2-6-10-13;/h1-10,14H,11H2;. The van der Waals surface area contributed by atoms with Gasteiger partial charge >= 0.3 is 0 Å². The average Bonchev–Trinajstić information content (AvgIpc) is 2.29. The van der Waals surface area contributed by atoms with Crippen molar-refractivity contribution >= 4 is 35.2 Å². The van der Waals surface area contributed by atoms with E-state index in [0.717, 1.165) is 12.2 Å². The Balaban J connectivity index is 0.00000112. The number of anilines is 1. The molecule has 0 amide bonds. The largest absolute Gasteiger partial charge is 0.381 e. The first kappa shape index (κ1) is 12.3. The molecule has 0 unspecified atom stereocenters. The van der Waals surface area contributed by atoms with Crippen LogP contribution in [-0.4, -0.2) is 29.6 Å². The topological polar surface area (TPSA) is 12.0 Å². The van der Waals surface area contributed by atoms with Crippen LogP contribution in [0.15, 0.2) is 60.7 Å². The van der Waals surface area contributed by atoms with E-state index in [1.54, 1.807) is 0 Å². The van der Waals surface area contributed by atoms with Gasteiger partial charge in [-0.05, 0) is 17.7 Å². The van der Waals surface area contributed by atoms with Gasteiger partial charge in [0.1, 0.15) is 0 Å². The van der Waals surface area contributed by atoms with Crippen LogP contribution in [0.2, 0.25) is 0 Å². The van der Waals surface area contributed by atoms with E-state index in [-0.39, 0.29) is 29.6 Å². The Kier molecular flexibility index (Phi) is 5.48. The average molecular weight is 206 g/mol. The zero-order chi connectivity index (χ0) is 9.64. The van der Waals surface area contributed by atoms with Gasteiger partial charge in [0.25, 0.3) is 0 Å². The first-order chi connectivity index (χ1) is 6.95. The maximum atomic E-state index is 3.36. The van der Waals surface area contributed by atoms with Gasteiger partial charge < -0.3 is 5.32 Å². The van der Waals surface area contributed by atoms with Crippen LogP contribution in [0.5, 0.6) is 0 Å². The van der Waals surface area contributed by atoms with E-state index in [0.29, 0.717) is 0 Å². The SMILES string of the molecule is [Na].c1ccc(CNc2ccccc2)cc1. The molecule has 0 saturated carbocycles. The number of benzene rings is 2. The molecule has 0 aromatic heterocycles.